The van der Waals surface area contributed by atoms with Crippen molar-refractivity contribution in [2.45, 2.75) is 6.54 Å². The second kappa shape index (κ2) is 3.23. The Balaban J connectivity index is 2.46. The summed E-state index contributed by atoms with van der Waals surface area (Å²) in [4.78, 5) is 5.29. The molecule has 0 unspecified atom stereocenters. The zero-order valence-corrected chi connectivity index (χ0v) is 7.96. The first-order valence-corrected chi connectivity index (χ1v) is 4.39. The van der Waals surface area contributed by atoms with Gasteiger partial charge >= 0.3 is 0 Å². The van der Waals surface area contributed by atoms with Gasteiger partial charge in [0, 0.05) is 23.0 Å². The van der Waals surface area contributed by atoms with Gasteiger partial charge in [-0.15, -0.1) is 0 Å². The zero-order chi connectivity index (χ0) is 9.26. The van der Waals surface area contributed by atoms with Gasteiger partial charge in [-0.05, 0) is 20.2 Å². The monoisotopic (exact) mass is 175 g/mol. The molecule has 2 rings (SSSR count). The maximum atomic E-state index is 3.18. The van der Waals surface area contributed by atoms with E-state index in [-0.39, 0.29) is 0 Å². The van der Waals surface area contributed by atoms with Crippen LogP contribution in [0, 0.1) is 6.20 Å². The Morgan fingerprint density at radius 3 is 2.85 bits per heavy atom. The van der Waals surface area contributed by atoms with Crippen LogP contribution in [-0.4, -0.2) is 24.0 Å². The van der Waals surface area contributed by atoms with E-state index in [4.69, 9.17) is 0 Å². The first-order valence-electron chi connectivity index (χ1n) is 4.39. The molecule has 0 spiro atoms. The number of hydrogen-bond donors (Lipinski definition) is 1. The minimum absolute atomic E-state index is 0.935. The standard InChI is InChI=1S/C11H13N2/c1-13(2)8-9-7-12-11-6-4-3-5-10(9)11/h3-6,12H,8H2,1-2H3/i8+2. The smallest absolute Gasteiger partial charge is 0.0679 e. The van der Waals surface area contributed by atoms with Crippen molar-refractivity contribution in [2.24, 2.45) is 0 Å². The molecule has 0 saturated carbocycles. The quantitative estimate of drug-likeness (QED) is 0.740. The minimum Gasteiger partial charge on any atom is -0.353 e. The summed E-state index contributed by atoms with van der Waals surface area (Å²) in [6.45, 7) is 0.935. The van der Waals surface area contributed by atoms with Crippen LogP contribution in [0.5, 0.6) is 0 Å². The number of rotatable bonds is 2. The Hall–Kier alpha value is -1.28. The third-order valence-corrected chi connectivity index (χ3v) is 2.07. The Morgan fingerprint density at radius 1 is 1.31 bits per heavy atom. The van der Waals surface area contributed by atoms with Gasteiger partial charge in [0.05, 0.1) is 6.20 Å². The lowest BCUT2D eigenvalue weighted by Gasteiger charge is -2.07. The molecule has 0 fully saturated rings. The number of H-pyrrole nitrogens is 1. The molecule has 0 bridgehead atoms. The Kier molecular flexibility index (Phi) is 2.07. The van der Waals surface area contributed by atoms with Crippen molar-refractivity contribution < 1.29 is 0 Å². The van der Waals surface area contributed by atoms with Crippen molar-refractivity contribution in [1.29, 1.82) is 0 Å². The number of para-hydroxylation sites is 1. The number of hydrogen-bond acceptors (Lipinski definition) is 1. The van der Waals surface area contributed by atoms with Crippen LogP contribution in [0.25, 0.3) is 10.9 Å². The first-order chi connectivity index (χ1) is 6.27. The van der Waals surface area contributed by atoms with Gasteiger partial charge in [0.15, 0.2) is 0 Å². The molecule has 0 aliphatic carbocycles. The third kappa shape index (κ3) is 1.58. The van der Waals surface area contributed by atoms with E-state index in [2.05, 4.69) is 48.4 Å². The maximum absolute atomic E-state index is 3.18. The van der Waals surface area contributed by atoms with Gasteiger partial charge in [-0.1, -0.05) is 18.2 Å². The normalized spacial score (nSPS) is 11.3. The van der Waals surface area contributed by atoms with Crippen LogP contribution in [0.1, 0.15) is 5.56 Å². The Bertz CT molecular complexity index is 401. The minimum atomic E-state index is 0.935. The van der Waals surface area contributed by atoms with Crippen LogP contribution in [0.4, 0.5) is 0 Å². The summed E-state index contributed by atoms with van der Waals surface area (Å²) in [6.07, 6.45) is 3.18. The highest BCUT2D eigenvalue weighted by Crippen LogP contribution is 2.17. The molecular weight excluding hydrogens is 162 g/mol. The fourth-order valence-electron chi connectivity index (χ4n) is 1.51. The Morgan fingerprint density at radius 2 is 2.08 bits per heavy atom. The van der Waals surface area contributed by atoms with Crippen molar-refractivity contribution in [3.63, 3.8) is 0 Å². The summed E-state index contributed by atoms with van der Waals surface area (Å²) in [7, 11) is 4.13. The van der Waals surface area contributed by atoms with Gasteiger partial charge in [0.2, 0.25) is 0 Å². The summed E-state index contributed by atoms with van der Waals surface area (Å²) in [5.41, 5.74) is 2.40. The van der Waals surface area contributed by atoms with Crippen LogP contribution >= 0.6 is 0 Å². The van der Waals surface area contributed by atoms with Crippen molar-refractivity contribution >= 4 is 10.9 Å². The van der Waals surface area contributed by atoms with Gasteiger partial charge < -0.3 is 9.88 Å². The van der Waals surface area contributed by atoms with E-state index in [0.717, 1.165) is 6.54 Å². The van der Waals surface area contributed by atoms with E-state index in [0.29, 0.717) is 0 Å². The number of nitrogens with zero attached hydrogens (tertiary/aromatic N) is 1. The van der Waals surface area contributed by atoms with Crippen LogP contribution in [0.15, 0.2) is 24.3 Å². The molecule has 1 aromatic carbocycles. The van der Waals surface area contributed by atoms with Gasteiger partial charge in [0.1, 0.15) is 0 Å². The molecule has 0 aliphatic heterocycles. The van der Waals surface area contributed by atoms with Crippen LogP contribution in [0.2, 0.25) is 0 Å². The average Bonchev–Trinajstić information content (AvgIpc) is 2.48. The molecule has 13 heavy (non-hydrogen) atoms. The van der Waals surface area contributed by atoms with E-state index in [9.17, 15) is 0 Å². The van der Waals surface area contributed by atoms with Crippen LogP contribution in [-0.2, 0) is 6.54 Å². The van der Waals surface area contributed by atoms with Gasteiger partial charge in [0.25, 0.3) is 0 Å². The summed E-state index contributed by atoms with van der Waals surface area (Å²) in [5, 5.41) is 1.27. The lowest BCUT2D eigenvalue weighted by molar-refractivity contribution is 0.404. The molecule has 0 atom stereocenters. The van der Waals surface area contributed by atoms with Crippen molar-refractivity contribution in [1.82, 2.24) is 9.88 Å². The topological polar surface area (TPSA) is 19.0 Å². The number of benzene rings is 1. The fourth-order valence-corrected chi connectivity index (χ4v) is 1.51. The van der Waals surface area contributed by atoms with Crippen molar-refractivity contribution in [3.05, 3.63) is 36.0 Å². The lowest BCUT2D eigenvalue weighted by Crippen LogP contribution is -2.10. The molecule has 2 aromatic rings. The fraction of sp³-hybridized carbons (Fsp3) is 0.273. The van der Waals surface area contributed by atoms with Gasteiger partial charge in [-0.3, -0.25) is 0 Å². The second-order valence-corrected chi connectivity index (χ2v) is 3.51. The molecule has 0 saturated heterocycles. The highest BCUT2D eigenvalue weighted by Gasteiger charge is 2.03. The second-order valence-electron chi connectivity index (χ2n) is 3.51. The summed E-state index contributed by atoms with van der Waals surface area (Å²) in [5.74, 6) is 0. The van der Waals surface area contributed by atoms with E-state index >= 15 is 0 Å². The van der Waals surface area contributed by atoms with Gasteiger partial charge in [-0.2, -0.15) is 0 Å². The molecule has 1 aromatic heterocycles. The molecule has 0 aliphatic rings. The summed E-state index contributed by atoms with van der Waals surface area (Å²) < 4.78 is 0. The molecule has 1 N–H and O–H groups in total. The predicted molar refractivity (Wildman–Crippen MR) is 54.5 cm³/mol. The number of fused-ring (bicyclic) bond motifs is 1. The molecule has 2 heteroatoms. The van der Waals surface area contributed by atoms with Crippen molar-refractivity contribution in [3.8, 4) is 0 Å². The Labute approximate surface area is 78.2 Å². The number of nitrogens with one attached hydrogen (secondary N) is 1. The number of aromatic amines is 1. The van der Waals surface area contributed by atoms with Crippen molar-refractivity contribution in [2.75, 3.05) is 14.1 Å². The summed E-state index contributed by atoms with van der Waals surface area (Å²) in [6, 6.07) is 8.29. The third-order valence-electron chi connectivity index (χ3n) is 2.07. The van der Waals surface area contributed by atoms with E-state index < -0.39 is 0 Å². The predicted octanol–water partition coefficient (Wildman–Crippen LogP) is 2.03. The SMILES string of the molecule is CN(C)[14CH2]c1[c][nH]c2ccccc12. The molecular formula is C11H13N2. The molecule has 67 valence electrons. The largest absolute Gasteiger partial charge is 0.353 e. The van der Waals surface area contributed by atoms with Crippen LogP contribution in [0.3, 0.4) is 0 Å². The molecule has 2 nitrogen and oxygen atoms in total. The highest BCUT2D eigenvalue weighted by molar-refractivity contribution is 5.82. The number of aromatic nitrogens is 1. The molecule has 1 heterocycles. The lowest BCUT2D eigenvalue weighted by atomic mass is 10.2. The summed E-state index contributed by atoms with van der Waals surface area (Å²) >= 11 is 0. The zero-order valence-electron chi connectivity index (χ0n) is 7.96. The average molecular weight is 175 g/mol. The molecule has 0 amide bonds. The molecule has 1 radical (unpaired) electrons. The first kappa shape index (κ1) is 8.32. The van der Waals surface area contributed by atoms with Crippen LogP contribution < -0.4 is 0 Å². The van der Waals surface area contributed by atoms with Gasteiger partial charge in [-0.25, -0.2) is 0 Å². The highest BCUT2D eigenvalue weighted by atomic mass is 15.5. The van der Waals surface area contributed by atoms with E-state index in [1.807, 2.05) is 6.07 Å². The maximum Gasteiger partial charge on any atom is 0.0679 e. The van der Waals surface area contributed by atoms with E-state index in [1.165, 1.54) is 16.5 Å². The van der Waals surface area contributed by atoms with E-state index in [1.54, 1.807) is 0 Å².